The van der Waals surface area contributed by atoms with E-state index in [1.807, 2.05) is 6.92 Å². The van der Waals surface area contributed by atoms with Crippen LogP contribution in [0.25, 0.3) is 21.5 Å². The summed E-state index contributed by atoms with van der Waals surface area (Å²) in [4.78, 5) is 11.9. The fourth-order valence-corrected chi connectivity index (χ4v) is 2.57. The summed E-state index contributed by atoms with van der Waals surface area (Å²) in [6.07, 6.45) is 0.642. The molecule has 0 bridgehead atoms. The molecule has 0 aliphatic heterocycles. The number of carbonyl (C=O) groups is 1. The normalized spacial score (nSPS) is 11.0. The van der Waals surface area contributed by atoms with Gasteiger partial charge in [0.15, 0.2) is 5.75 Å². The van der Waals surface area contributed by atoms with Gasteiger partial charge in [-0.15, -0.1) is 0 Å². The molecule has 0 amide bonds. The molecule has 3 aromatic rings. The van der Waals surface area contributed by atoms with Crippen LogP contribution in [0.5, 0.6) is 5.75 Å². The predicted molar refractivity (Wildman–Crippen MR) is 88.3 cm³/mol. The molecule has 0 unspecified atom stereocenters. The van der Waals surface area contributed by atoms with Crippen LogP contribution in [0.2, 0.25) is 0 Å². The van der Waals surface area contributed by atoms with Gasteiger partial charge in [0.25, 0.3) is 0 Å². The van der Waals surface area contributed by atoms with E-state index in [4.69, 9.17) is 9.47 Å². The van der Waals surface area contributed by atoms with E-state index in [9.17, 15) is 13.6 Å². The minimum atomic E-state index is -0.926. The first-order chi connectivity index (χ1) is 11.6. The summed E-state index contributed by atoms with van der Waals surface area (Å²) in [6.45, 7) is 2.18. The third-order valence-electron chi connectivity index (χ3n) is 3.75. The second kappa shape index (κ2) is 6.83. The largest absolute Gasteiger partial charge is 0.513 e. The van der Waals surface area contributed by atoms with Crippen LogP contribution in [0.1, 0.15) is 19.8 Å². The van der Waals surface area contributed by atoms with Crippen molar-refractivity contribution in [1.82, 2.24) is 0 Å². The highest BCUT2D eigenvalue weighted by molar-refractivity contribution is 6.06. The van der Waals surface area contributed by atoms with Gasteiger partial charge >= 0.3 is 6.16 Å². The lowest BCUT2D eigenvalue weighted by atomic mass is 10.0. The van der Waals surface area contributed by atoms with Gasteiger partial charge < -0.3 is 9.47 Å². The number of hydrogen-bond acceptors (Lipinski definition) is 3. The molecule has 0 aliphatic carbocycles. The standard InChI is InChI=1S/C19H16F2O3/c1-2-3-9-23-19(22)24-18-15-11-14(20)8-7-12(15)10-13-5-4-6-16(21)17(13)18/h4-8,10-11H,2-3,9H2,1H3. The number of rotatable bonds is 4. The number of carbonyl (C=O) groups excluding carboxylic acids is 1. The van der Waals surface area contributed by atoms with Crippen LogP contribution < -0.4 is 4.74 Å². The van der Waals surface area contributed by atoms with Crippen LogP contribution >= 0.6 is 0 Å². The van der Waals surface area contributed by atoms with E-state index in [1.165, 1.54) is 18.2 Å². The van der Waals surface area contributed by atoms with Crippen molar-refractivity contribution in [3.05, 3.63) is 54.1 Å². The Bertz CT molecular complexity index is 906. The zero-order valence-corrected chi connectivity index (χ0v) is 13.1. The molecule has 0 radical (unpaired) electrons. The smallest absolute Gasteiger partial charge is 0.434 e. The highest BCUT2D eigenvalue weighted by Gasteiger charge is 2.17. The molecular formula is C19H16F2O3. The third kappa shape index (κ3) is 3.15. The fourth-order valence-electron chi connectivity index (χ4n) is 2.57. The van der Waals surface area contributed by atoms with Gasteiger partial charge in [0.2, 0.25) is 0 Å². The van der Waals surface area contributed by atoms with Crippen LogP contribution in [0, 0.1) is 11.6 Å². The van der Waals surface area contributed by atoms with E-state index in [0.29, 0.717) is 22.6 Å². The van der Waals surface area contributed by atoms with Gasteiger partial charge in [0, 0.05) is 5.39 Å². The van der Waals surface area contributed by atoms with Crippen molar-refractivity contribution in [2.75, 3.05) is 6.61 Å². The molecule has 24 heavy (non-hydrogen) atoms. The van der Waals surface area contributed by atoms with Gasteiger partial charge in [-0.05, 0) is 41.5 Å². The molecule has 3 nitrogen and oxygen atoms in total. The average Bonchev–Trinajstić information content (AvgIpc) is 2.55. The van der Waals surface area contributed by atoms with Gasteiger partial charge in [-0.1, -0.05) is 31.5 Å². The first-order valence-corrected chi connectivity index (χ1v) is 7.75. The van der Waals surface area contributed by atoms with Crippen LogP contribution in [0.3, 0.4) is 0 Å². The summed E-state index contributed by atoms with van der Waals surface area (Å²) >= 11 is 0. The third-order valence-corrected chi connectivity index (χ3v) is 3.75. The topological polar surface area (TPSA) is 35.5 Å². The maximum absolute atomic E-state index is 14.3. The van der Waals surface area contributed by atoms with Gasteiger partial charge in [-0.2, -0.15) is 0 Å². The Hall–Kier alpha value is -2.69. The minimum absolute atomic E-state index is 0.0263. The van der Waals surface area contributed by atoms with Gasteiger partial charge in [0.05, 0.1) is 12.0 Å². The maximum atomic E-state index is 14.3. The fraction of sp³-hybridized carbons (Fsp3) is 0.211. The Morgan fingerprint density at radius 1 is 1.08 bits per heavy atom. The van der Waals surface area contributed by atoms with Crippen molar-refractivity contribution in [2.45, 2.75) is 19.8 Å². The van der Waals surface area contributed by atoms with E-state index in [-0.39, 0.29) is 17.7 Å². The molecule has 0 saturated heterocycles. The molecule has 124 valence electrons. The molecule has 0 saturated carbocycles. The first-order valence-electron chi connectivity index (χ1n) is 7.75. The summed E-state index contributed by atoms with van der Waals surface area (Å²) in [5.74, 6) is -1.07. The van der Waals surface area contributed by atoms with Gasteiger partial charge in [-0.3, -0.25) is 0 Å². The Morgan fingerprint density at radius 2 is 1.92 bits per heavy atom. The van der Waals surface area contributed by atoms with Crippen molar-refractivity contribution in [2.24, 2.45) is 0 Å². The van der Waals surface area contributed by atoms with Gasteiger partial charge in [-0.25, -0.2) is 13.6 Å². The molecule has 0 aromatic heterocycles. The highest BCUT2D eigenvalue weighted by Crippen LogP contribution is 2.37. The highest BCUT2D eigenvalue weighted by atomic mass is 19.1. The number of ether oxygens (including phenoxy) is 2. The van der Waals surface area contributed by atoms with Crippen LogP contribution in [0.15, 0.2) is 42.5 Å². The lowest BCUT2D eigenvalue weighted by Gasteiger charge is -2.12. The molecule has 0 spiro atoms. The Labute approximate surface area is 137 Å². The summed E-state index contributed by atoms with van der Waals surface area (Å²) in [7, 11) is 0. The van der Waals surface area contributed by atoms with Crippen molar-refractivity contribution < 1.29 is 23.0 Å². The van der Waals surface area contributed by atoms with E-state index < -0.39 is 17.8 Å². The Kier molecular flexibility index (Phi) is 4.60. The van der Waals surface area contributed by atoms with E-state index in [0.717, 1.165) is 6.42 Å². The van der Waals surface area contributed by atoms with Crippen molar-refractivity contribution >= 4 is 27.7 Å². The SMILES string of the molecule is CCCCOC(=O)Oc1c2cc(F)ccc2cc2cccc(F)c12. The quantitative estimate of drug-likeness (QED) is 0.271. The van der Waals surface area contributed by atoms with Crippen LogP contribution in [-0.4, -0.2) is 12.8 Å². The molecule has 0 heterocycles. The number of halogens is 2. The summed E-state index contributed by atoms with van der Waals surface area (Å²) in [6, 6.07) is 10.3. The maximum Gasteiger partial charge on any atom is 0.513 e. The van der Waals surface area contributed by atoms with E-state index in [1.54, 1.807) is 24.3 Å². The Morgan fingerprint density at radius 3 is 2.71 bits per heavy atom. The lowest BCUT2D eigenvalue weighted by molar-refractivity contribution is 0.0987. The summed E-state index contributed by atoms with van der Waals surface area (Å²) in [5, 5.41) is 1.65. The minimum Gasteiger partial charge on any atom is -0.434 e. The molecule has 0 N–H and O–H groups in total. The number of fused-ring (bicyclic) bond motifs is 2. The zero-order valence-electron chi connectivity index (χ0n) is 13.1. The predicted octanol–water partition coefficient (Wildman–Crippen LogP) is 5.59. The monoisotopic (exact) mass is 330 g/mol. The van der Waals surface area contributed by atoms with Crippen molar-refractivity contribution in [3.8, 4) is 5.75 Å². The number of hydrogen-bond donors (Lipinski definition) is 0. The molecule has 5 heteroatoms. The second-order valence-corrected chi connectivity index (χ2v) is 5.46. The van der Waals surface area contributed by atoms with Gasteiger partial charge in [0.1, 0.15) is 11.6 Å². The first kappa shape index (κ1) is 16.2. The lowest BCUT2D eigenvalue weighted by Crippen LogP contribution is -2.12. The molecular weight excluding hydrogens is 314 g/mol. The molecule has 0 atom stereocenters. The number of unbranched alkanes of at least 4 members (excludes halogenated alkanes) is 1. The molecule has 3 rings (SSSR count). The Balaban J connectivity index is 2.13. The van der Waals surface area contributed by atoms with Crippen LogP contribution in [-0.2, 0) is 4.74 Å². The number of benzene rings is 3. The molecule has 3 aromatic carbocycles. The van der Waals surface area contributed by atoms with E-state index >= 15 is 0 Å². The van der Waals surface area contributed by atoms with Crippen molar-refractivity contribution in [1.29, 1.82) is 0 Å². The summed E-state index contributed by atoms with van der Waals surface area (Å²) in [5.41, 5.74) is 0. The van der Waals surface area contributed by atoms with Crippen molar-refractivity contribution in [3.63, 3.8) is 0 Å². The zero-order chi connectivity index (χ0) is 17.1. The van der Waals surface area contributed by atoms with E-state index in [2.05, 4.69) is 0 Å². The summed E-state index contributed by atoms with van der Waals surface area (Å²) < 4.78 is 38.2. The second-order valence-electron chi connectivity index (χ2n) is 5.46. The molecule has 0 fully saturated rings. The average molecular weight is 330 g/mol. The van der Waals surface area contributed by atoms with Crippen LogP contribution in [0.4, 0.5) is 13.6 Å². The molecule has 0 aliphatic rings.